The maximum absolute atomic E-state index is 11.5. The number of rotatable bonds is 4. The van der Waals surface area contributed by atoms with Crippen molar-refractivity contribution in [1.29, 1.82) is 0 Å². The Hall–Kier alpha value is -0.570. The molecule has 1 aliphatic rings. The molecule has 1 aliphatic carbocycles. The number of hydrogen-bond acceptors (Lipinski definition) is 3. The predicted molar refractivity (Wildman–Crippen MR) is 67.5 cm³/mol. The highest BCUT2D eigenvalue weighted by molar-refractivity contribution is 5.75. The van der Waals surface area contributed by atoms with Gasteiger partial charge >= 0.3 is 5.97 Å². The summed E-state index contributed by atoms with van der Waals surface area (Å²) in [5.41, 5.74) is -0.492. The van der Waals surface area contributed by atoms with Gasteiger partial charge in [0.1, 0.15) is 0 Å². The molecule has 0 aromatic heterocycles. The maximum atomic E-state index is 11.5. The van der Waals surface area contributed by atoms with Gasteiger partial charge in [-0.05, 0) is 44.4 Å². The van der Waals surface area contributed by atoms with Crippen LogP contribution >= 0.6 is 0 Å². The minimum absolute atomic E-state index is 0.123. The van der Waals surface area contributed by atoms with Crippen LogP contribution in [0.4, 0.5) is 0 Å². The molecule has 0 saturated heterocycles. The number of carbonyl (C=O) groups is 1. The van der Waals surface area contributed by atoms with Gasteiger partial charge in [0.15, 0.2) is 0 Å². The summed E-state index contributed by atoms with van der Waals surface area (Å²) < 4.78 is 0. The van der Waals surface area contributed by atoms with Gasteiger partial charge < -0.3 is 4.89 Å². The molecule has 1 fully saturated rings. The summed E-state index contributed by atoms with van der Waals surface area (Å²) in [6, 6.07) is 0. The van der Waals surface area contributed by atoms with Crippen LogP contribution in [-0.4, -0.2) is 11.2 Å². The van der Waals surface area contributed by atoms with Gasteiger partial charge in [0, 0.05) is 0 Å². The Morgan fingerprint density at radius 2 is 1.71 bits per heavy atom. The van der Waals surface area contributed by atoms with Crippen LogP contribution in [0.1, 0.15) is 66.2 Å². The Balaban J connectivity index is 2.67. The van der Waals surface area contributed by atoms with Gasteiger partial charge in [0.2, 0.25) is 0 Å². The van der Waals surface area contributed by atoms with Gasteiger partial charge in [0.25, 0.3) is 0 Å². The molecule has 1 rings (SSSR count). The molecule has 0 aliphatic heterocycles. The third-order valence-corrected chi connectivity index (χ3v) is 4.24. The van der Waals surface area contributed by atoms with Crippen LogP contribution in [0, 0.1) is 16.7 Å². The van der Waals surface area contributed by atoms with E-state index >= 15 is 0 Å². The first-order valence-electron chi connectivity index (χ1n) is 6.65. The van der Waals surface area contributed by atoms with Crippen molar-refractivity contribution < 1.29 is 14.9 Å². The predicted octanol–water partition coefficient (Wildman–Crippen LogP) is 4.03. The minimum Gasteiger partial charge on any atom is -0.300 e. The molecule has 3 heteroatoms. The highest BCUT2D eigenvalue weighted by atomic mass is 17.1. The summed E-state index contributed by atoms with van der Waals surface area (Å²) in [6.07, 6.45) is 7.23. The average Bonchev–Trinajstić information content (AvgIpc) is 2.27. The molecule has 0 aromatic rings. The Morgan fingerprint density at radius 3 is 2.18 bits per heavy atom. The van der Waals surface area contributed by atoms with E-state index in [-0.39, 0.29) is 5.41 Å². The van der Waals surface area contributed by atoms with E-state index in [1.165, 1.54) is 32.1 Å². The second-order valence-corrected chi connectivity index (χ2v) is 6.76. The molecule has 0 amide bonds. The van der Waals surface area contributed by atoms with Gasteiger partial charge in [-0.1, -0.05) is 33.1 Å². The summed E-state index contributed by atoms with van der Waals surface area (Å²) in [7, 11) is 0. The van der Waals surface area contributed by atoms with Crippen LogP contribution < -0.4 is 0 Å². The lowest BCUT2D eigenvalue weighted by molar-refractivity contribution is -0.245. The molecule has 0 aromatic carbocycles. The molecule has 100 valence electrons. The van der Waals surface area contributed by atoms with E-state index in [1.807, 2.05) is 13.8 Å². The van der Waals surface area contributed by atoms with Gasteiger partial charge in [-0.3, -0.25) is 0 Å². The second kappa shape index (κ2) is 5.38. The molecule has 17 heavy (non-hydrogen) atoms. The van der Waals surface area contributed by atoms with Gasteiger partial charge in [-0.25, -0.2) is 4.79 Å². The van der Waals surface area contributed by atoms with E-state index in [0.29, 0.717) is 5.92 Å². The molecule has 0 radical (unpaired) electrons. The molecule has 3 nitrogen and oxygen atoms in total. The Morgan fingerprint density at radius 1 is 1.18 bits per heavy atom. The number of hydrogen-bond donors (Lipinski definition) is 1. The van der Waals surface area contributed by atoms with E-state index in [2.05, 4.69) is 18.7 Å². The standard InChI is InChI=1S/C14H26O3/c1-13(2,11-8-6-5-7-9-11)10-14(3,4)12(15)17-16/h11,16H,5-10H2,1-4H3. The zero-order valence-electron chi connectivity index (χ0n) is 11.6. The highest BCUT2D eigenvalue weighted by Gasteiger charge is 2.40. The van der Waals surface area contributed by atoms with E-state index in [4.69, 9.17) is 5.26 Å². The van der Waals surface area contributed by atoms with Crippen molar-refractivity contribution in [3.63, 3.8) is 0 Å². The molecule has 0 bridgehead atoms. The third kappa shape index (κ3) is 3.70. The van der Waals surface area contributed by atoms with Crippen molar-refractivity contribution in [2.75, 3.05) is 0 Å². The Labute approximate surface area is 104 Å². The molecule has 0 unspecified atom stereocenters. The lowest BCUT2D eigenvalue weighted by Gasteiger charge is -2.41. The summed E-state index contributed by atoms with van der Waals surface area (Å²) in [6.45, 7) is 8.15. The second-order valence-electron chi connectivity index (χ2n) is 6.76. The first kappa shape index (κ1) is 14.5. The molecule has 0 heterocycles. The molecule has 1 saturated carbocycles. The quantitative estimate of drug-likeness (QED) is 0.598. The largest absolute Gasteiger partial charge is 0.347 e. The fraction of sp³-hybridized carbons (Fsp3) is 0.929. The van der Waals surface area contributed by atoms with Crippen LogP contribution in [0.5, 0.6) is 0 Å². The van der Waals surface area contributed by atoms with Crippen molar-refractivity contribution in [2.24, 2.45) is 16.7 Å². The molecule has 0 spiro atoms. The topological polar surface area (TPSA) is 46.5 Å². The normalized spacial score (nSPS) is 19.1. The van der Waals surface area contributed by atoms with E-state index in [9.17, 15) is 4.79 Å². The monoisotopic (exact) mass is 242 g/mol. The average molecular weight is 242 g/mol. The first-order valence-corrected chi connectivity index (χ1v) is 6.65. The van der Waals surface area contributed by atoms with Crippen molar-refractivity contribution in [3.8, 4) is 0 Å². The van der Waals surface area contributed by atoms with Gasteiger partial charge in [-0.15, -0.1) is 0 Å². The van der Waals surface area contributed by atoms with Crippen LogP contribution in [0.25, 0.3) is 0 Å². The van der Waals surface area contributed by atoms with Crippen LogP contribution in [-0.2, 0) is 9.68 Å². The number of carbonyl (C=O) groups excluding carboxylic acids is 1. The van der Waals surface area contributed by atoms with Crippen molar-refractivity contribution in [3.05, 3.63) is 0 Å². The first-order chi connectivity index (χ1) is 7.79. The summed E-state index contributed by atoms with van der Waals surface area (Å²) in [5.74, 6) is 0.156. The maximum Gasteiger partial charge on any atom is 0.347 e. The molecular formula is C14H26O3. The Bertz CT molecular complexity index is 263. The fourth-order valence-electron chi connectivity index (χ4n) is 3.36. The van der Waals surface area contributed by atoms with Crippen LogP contribution in [0.3, 0.4) is 0 Å². The minimum atomic E-state index is -0.615. The third-order valence-electron chi connectivity index (χ3n) is 4.24. The summed E-state index contributed by atoms with van der Waals surface area (Å²) in [5, 5.41) is 8.53. The zero-order chi connectivity index (χ0) is 13.1. The SMILES string of the molecule is CC(C)(CC(C)(C)C1CCCCC1)C(=O)OO. The molecular weight excluding hydrogens is 216 g/mol. The van der Waals surface area contributed by atoms with E-state index < -0.39 is 11.4 Å². The van der Waals surface area contributed by atoms with E-state index in [1.54, 1.807) is 0 Å². The fourth-order valence-corrected chi connectivity index (χ4v) is 3.36. The zero-order valence-corrected chi connectivity index (χ0v) is 11.6. The van der Waals surface area contributed by atoms with Crippen molar-refractivity contribution in [1.82, 2.24) is 0 Å². The highest BCUT2D eigenvalue weighted by Crippen LogP contribution is 2.45. The smallest absolute Gasteiger partial charge is 0.300 e. The lowest BCUT2D eigenvalue weighted by Crippen LogP contribution is -2.36. The van der Waals surface area contributed by atoms with Crippen LogP contribution in [0.2, 0.25) is 0 Å². The summed E-state index contributed by atoms with van der Waals surface area (Å²) in [4.78, 5) is 15.4. The van der Waals surface area contributed by atoms with Crippen molar-refractivity contribution >= 4 is 5.97 Å². The van der Waals surface area contributed by atoms with Crippen LogP contribution in [0.15, 0.2) is 0 Å². The van der Waals surface area contributed by atoms with E-state index in [0.717, 1.165) is 6.42 Å². The van der Waals surface area contributed by atoms with Crippen molar-refractivity contribution in [2.45, 2.75) is 66.2 Å². The Kier molecular flexibility index (Phi) is 4.59. The lowest BCUT2D eigenvalue weighted by atomic mass is 9.64. The molecule has 1 N–H and O–H groups in total. The van der Waals surface area contributed by atoms with Gasteiger partial charge in [0.05, 0.1) is 5.41 Å². The summed E-state index contributed by atoms with van der Waals surface area (Å²) >= 11 is 0. The molecule has 0 atom stereocenters. The van der Waals surface area contributed by atoms with Gasteiger partial charge in [-0.2, -0.15) is 5.26 Å².